The van der Waals surface area contributed by atoms with Crippen LogP contribution in [0.2, 0.25) is 0 Å². The fourth-order valence-corrected chi connectivity index (χ4v) is 7.85. The number of carbonyl (C=O) groups is 2. The number of unbranched alkanes of at least 4 members (excludes halogenated alkanes) is 38. The summed E-state index contributed by atoms with van der Waals surface area (Å²) in [7, 11) is 0. The van der Waals surface area contributed by atoms with Crippen molar-refractivity contribution in [3.05, 3.63) is 29.6 Å². The molecule has 326 valence electrons. The first-order valence-electron chi connectivity index (χ1n) is 25.0. The zero-order valence-electron chi connectivity index (χ0n) is 37.5. The lowest BCUT2D eigenvalue weighted by Gasteiger charge is -2.07. The van der Waals surface area contributed by atoms with E-state index in [1.54, 1.807) is 18.2 Å². The maximum Gasteiger partial charge on any atom is 0.356 e. The molecular weight excluding hydrogens is 691 g/mol. The molecule has 56 heavy (non-hydrogen) atoms. The molecular formula is C51H93NO4. The summed E-state index contributed by atoms with van der Waals surface area (Å²) in [4.78, 5) is 29.3. The molecule has 0 saturated heterocycles. The van der Waals surface area contributed by atoms with Crippen molar-refractivity contribution >= 4 is 11.9 Å². The minimum absolute atomic E-state index is 0.173. The summed E-state index contributed by atoms with van der Waals surface area (Å²) < 4.78 is 10.9. The number of rotatable bonds is 44. The summed E-state index contributed by atoms with van der Waals surface area (Å²) >= 11 is 0. The van der Waals surface area contributed by atoms with E-state index in [0.717, 1.165) is 25.7 Å². The minimum atomic E-state index is -0.466. The van der Waals surface area contributed by atoms with Gasteiger partial charge in [-0.15, -0.1) is 0 Å². The summed E-state index contributed by atoms with van der Waals surface area (Å²) in [6.07, 6.45) is 53.8. The molecule has 0 unspecified atom stereocenters. The average molecular weight is 784 g/mol. The topological polar surface area (TPSA) is 65.5 Å². The molecule has 0 fully saturated rings. The molecule has 1 rings (SSSR count). The highest BCUT2D eigenvalue weighted by Gasteiger charge is 2.14. The molecule has 0 aliphatic rings. The highest BCUT2D eigenvalue weighted by molar-refractivity contribution is 5.91. The van der Waals surface area contributed by atoms with Gasteiger partial charge >= 0.3 is 11.9 Å². The van der Waals surface area contributed by atoms with Crippen LogP contribution >= 0.6 is 0 Å². The summed E-state index contributed by atoms with van der Waals surface area (Å²) in [5, 5.41) is 0. The Balaban J connectivity index is 1.89. The Morgan fingerprint density at radius 3 is 0.750 bits per heavy atom. The number of carbonyl (C=O) groups excluding carboxylic acids is 2. The molecule has 0 aromatic carbocycles. The fraction of sp³-hybridized carbons (Fsp3) is 0.863. The SMILES string of the molecule is CCCCCCCCCCCCCCCCCCCCCCOC(=O)c1cccc(C(=O)OCCCCCCCCCCCCCCCCCCCCCC)n1. The first-order chi connectivity index (χ1) is 27.7. The monoisotopic (exact) mass is 784 g/mol. The van der Waals surface area contributed by atoms with Crippen LogP contribution in [0.15, 0.2) is 18.2 Å². The molecule has 0 atom stereocenters. The van der Waals surface area contributed by atoms with Crippen LogP contribution in [0.5, 0.6) is 0 Å². The molecule has 5 heteroatoms. The molecule has 0 radical (unpaired) electrons. The van der Waals surface area contributed by atoms with E-state index in [9.17, 15) is 9.59 Å². The molecule has 0 aliphatic carbocycles. The van der Waals surface area contributed by atoms with Gasteiger partial charge < -0.3 is 9.47 Å². The Bertz CT molecular complexity index is 907. The Kier molecular flexibility index (Phi) is 39.7. The molecule has 0 N–H and O–H groups in total. The third kappa shape index (κ3) is 35.3. The molecule has 0 bridgehead atoms. The predicted molar refractivity (Wildman–Crippen MR) is 241 cm³/mol. The minimum Gasteiger partial charge on any atom is -0.461 e. The lowest BCUT2D eigenvalue weighted by atomic mass is 10.0. The van der Waals surface area contributed by atoms with Gasteiger partial charge in [-0.2, -0.15) is 0 Å². The molecule has 0 amide bonds. The van der Waals surface area contributed by atoms with E-state index >= 15 is 0 Å². The molecule has 1 aromatic rings. The number of pyridine rings is 1. The van der Waals surface area contributed by atoms with E-state index in [-0.39, 0.29) is 11.4 Å². The first kappa shape index (κ1) is 52.1. The van der Waals surface area contributed by atoms with Crippen LogP contribution in [0.4, 0.5) is 0 Å². The number of ether oxygens (including phenoxy) is 2. The van der Waals surface area contributed by atoms with E-state index in [1.165, 1.54) is 231 Å². The largest absolute Gasteiger partial charge is 0.461 e. The van der Waals surface area contributed by atoms with E-state index in [2.05, 4.69) is 18.8 Å². The third-order valence-electron chi connectivity index (χ3n) is 11.6. The Morgan fingerprint density at radius 2 is 0.536 bits per heavy atom. The lowest BCUT2D eigenvalue weighted by molar-refractivity contribution is 0.0482. The summed E-state index contributed by atoms with van der Waals surface area (Å²) in [5.74, 6) is -0.932. The van der Waals surface area contributed by atoms with Crippen molar-refractivity contribution in [3.63, 3.8) is 0 Å². The summed E-state index contributed by atoms with van der Waals surface area (Å²) in [6.45, 7) is 5.37. The van der Waals surface area contributed by atoms with Gasteiger partial charge in [-0.05, 0) is 25.0 Å². The van der Waals surface area contributed by atoms with Crippen LogP contribution in [0.25, 0.3) is 0 Å². The number of hydrogen-bond acceptors (Lipinski definition) is 5. The van der Waals surface area contributed by atoms with Crippen LogP contribution in [-0.2, 0) is 9.47 Å². The van der Waals surface area contributed by atoms with Crippen molar-refractivity contribution in [2.24, 2.45) is 0 Å². The van der Waals surface area contributed by atoms with Crippen LogP contribution in [0, 0.1) is 0 Å². The maximum absolute atomic E-state index is 12.5. The smallest absolute Gasteiger partial charge is 0.356 e. The molecule has 5 nitrogen and oxygen atoms in total. The number of aromatic nitrogens is 1. The normalized spacial score (nSPS) is 11.3. The van der Waals surface area contributed by atoms with Crippen LogP contribution in [-0.4, -0.2) is 30.1 Å². The fourth-order valence-electron chi connectivity index (χ4n) is 7.85. The second-order valence-corrected chi connectivity index (χ2v) is 17.1. The van der Waals surface area contributed by atoms with Gasteiger partial charge in [0.2, 0.25) is 0 Å². The molecule has 1 heterocycles. The molecule has 0 aliphatic heterocycles. The zero-order chi connectivity index (χ0) is 40.3. The first-order valence-corrected chi connectivity index (χ1v) is 25.0. The third-order valence-corrected chi connectivity index (χ3v) is 11.6. The summed E-state index contributed by atoms with van der Waals surface area (Å²) in [6, 6.07) is 4.89. The second kappa shape index (κ2) is 42.7. The van der Waals surface area contributed by atoms with Gasteiger partial charge in [0.25, 0.3) is 0 Å². The number of esters is 2. The lowest BCUT2D eigenvalue weighted by Crippen LogP contribution is -2.13. The van der Waals surface area contributed by atoms with E-state index in [0.29, 0.717) is 13.2 Å². The van der Waals surface area contributed by atoms with Crippen molar-refractivity contribution < 1.29 is 19.1 Å². The highest BCUT2D eigenvalue weighted by Crippen LogP contribution is 2.17. The predicted octanol–water partition coefficient (Wildman–Crippen LogP) is 17.0. The number of nitrogens with zero attached hydrogens (tertiary/aromatic N) is 1. The van der Waals surface area contributed by atoms with E-state index < -0.39 is 11.9 Å². The highest BCUT2D eigenvalue weighted by atomic mass is 16.5. The molecule has 1 aromatic heterocycles. The van der Waals surface area contributed by atoms with Gasteiger partial charge in [0.15, 0.2) is 0 Å². The molecule has 0 saturated carbocycles. The van der Waals surface area contributed by atoms with Crippen molar-refractivity contribution in [1.82, 2.24) is 4.98 Å². The summed E-state index contributed by atoms with van der Waals surface area (Å²) in [5.41, 5.74) is 0.345. The van der Waals surface area contributed by atoms with Gasteiger partial charge in [0.05, 0.1) is 13.2 Å². The quantitative estimate of drug-likeness (QED) is 0.0487. The average Bonchev–Trinajstić information content (AvgIpc) is 3.21. The van der Waals surface area contributed by atoms with E-state index in [4.69, 9.17) is 9.47 Å². The van der Waals surface area contributed by atoms with Gasteiger partial charge in [0, 0.05) is 0 Å². The molecule has 0 spiro atoms. The van der Waals surface area contributed by atoms with Gasteiger partial charge in [-0.25, -0.2) is 14.6 Å². The van der Waals surface area contributed by atoms with Gasteiger partial charge in [0.1, 0.15) is 11.4 Å². The van der Waals surface area contributed by atoms with Gasteiger partial charge in [-0.3, -0.25) is 0 Å². The van der Waals surface area contributed by atoms with E-state index in [1.807, 2.05) is 0 Å². The van der Waals surface area contributed by atoms with Crippen LogP contribution < -0.4 is 0 Å². The van der Waals surface area contributed by atoms with Crippen molar-refractivity contribution in [2.75, 3.05) is 13.2 Å². The number of hydrogen-bond donors (Lipinski definition) is 0. The Hall–Kier alpha value is -1.91. The van der Waals surface area contributed by atoms with Crippen LogP contribution in [0.3, 0.4) is 0 Å². The van der Waals surface area contributed by atoms with Crippen molar-refractivity contribution in [1.29, 1.82) is 0 Å². The second-order valence-electron chi connectivity index (χ2n) is 17.1. The van der Waals surface area contributed by atoms with Crippen LogP contribution in [0.1, 0.15) is 292 Å². The van der Waals surface area contributed by atoms with Crippen molar-refractivity contribution in [3.8, 4) is 0 Å². The maximum atomic E-state index is 12.5. The van der Waals surface area contributed by atoms with Crippen molar-refractivity contribution in [2.45, 2.75) is 271 Å². The van der Waals surface area contributed by atoms with Gasteiger partial charge in [-0.1, -0.05) is 264 Å². The Labute approximate surface area is 348 Å². The Morgan fingerprint density at radius 1 is 0.339 bits per heavy atom. The zero-order valence-corrected chi connectivity index (χ0v) is 37.5. The standard InChI is InChI=1S/C51H93NO4/c1-3-5-7-9-11-13-15-17-19-21-23-25-27-29-31-33-35-37-39-41-46-55-50(53)48-44-43-45-49(52-48)51(54)56-47-42-40-38-36-34-32-30-28-26-24-22-20-18-16-14-12-10-8-6-4-2/h43-45H,3-42,46-47H2,1-2H3.